The second-order valence-corrected chi connectivity index (χ2v) is 6.73. The lowest BCUT2D eigenvalue weighted by Gasteiger charge is -2.23. The molecule has 1 aromatic heterocycles. The van der Waals surface area contributed by atoms with Crippen LogP contribution in [-0.2, 0) is 4.74 Å². The topological polar surface area (TPSA) is 82.7 Å². The summed E-state index contributed by atoms with van der Waals surface area (Å²) in [5.74, 6) is 0. The maximum atomic E-state index is 12.1. The zero-order valence-electron chi connectivity index (χ0n) is 15.1. The fraction of sp³-hybridized carbons (Fsp3) is 0.333. The Bertz CT molecular complexity index is 702. The Balaban J connectivity index is 1.84. The number of hydrogen-bond acceptors (Lipinski definition) is 5. The van der Waals surface area contributed by atoms with Crippen molar-refractivity contribution < 1.29 is 14.3 Å². The van der Waals surface area contributed by atoms with Crippen LogP contribution in [-0.4, -0.2) is 44.3 Å². The van der Waals surface area contributed by atoms with Crippen molar-refractivity contribution in [2.24, 2.45) is 0 Å². The molecule has 0 spiro atoms. The number of thiophene rings is 1. The Morgan fingerprint density at radius 3 is 2.31 bits per heavy atom. The minimum atomic E-state index is -0.505. The first-order chi connectivity index (χ1) is 12.5. The van der Waals surface area contributed by atoms with E-state index in [2.05, 4.69) is 26.9 Å². The number of nitrogens with zero attached hydrogens (tertiary/aromatic N) is 1. The summed E-state index contributed by atoms with van der Waals surface area (Å²) < 4.78 is 4.81. The van der Waals surface area contributed by atoms with Crippen LogP contribution in [0.1, 0.15) is 17.8 Å². The molecular formula is C18H24N4O3S. The zero-order chi connectivity index (χ0) is 18.9. The molecule has 1 aromatic carbocycles. The molecule has 1 atom stereocenters. The van der Waals surface area contributed by atoms with Gasteiger partial charge in [-0.3, -0.25) is 5.32 Å². The smallest absolute Gasteiger partial charge is 0.411 e. The number of rotatable bonds is 7. The molecule has 2 aromatic rings. The number of nitrogens with one attached hydrogen (secondary N) is 3. The Labute approximate surface area is 157 Å². The summed E-state index contributed by atoms with van der Waals surface area (Å²) in [6.07, 6.45) is -0.505. The van der Waals surface area contributed by atoms with Gasteiger partial charge in [-0.15, -0.1) is 11.3 Å². The lowest BCUT2D eigenvalue weighted by molar-refractivity contribution is 0.168. The molecule has 0 radical (unpaired) electrons. The van der Waals surface area contributed by atoms with E-state index in [9.17, 15) is 9.59 Å². The van der Waals surface area contributed by atoms with Crippen molar-refractivity contribution in [1.29, 1.82) is 0 Å². The standard InChI is InChI=1S/C18H24N4O3S/c1-4-25-18(24)21-14-9-7-13(8-10-14)20-17(23)19-12-15(22(2)3)16-6-5-11-26-16/h5-11,15H,4,12H2,1-3H3,(H,21,24)(H2,19,20,23). The second-order valence-electron chi connectivity index (χ2n) is 5.75. The number of likely N-dealkylation sites (N-methyl/N-ethyl adjacent to an activating group) is 1. The molecule has 3 amide bonds. The summed E-state index contributed by atoms with van der Waals surface area (Å²) in [5, 5.41) is 10.3. The lowest BCUT2D eigenvalue weighted by atomic mass is 10.2. The fourth-order valence-corrected chi connectivity index (χ4v) is 3.23. The Morgan fingerprint density at radius 2 is 1.77 bits per heavy atom. The number of amides is 3. The molecule has 0 aliphatic rings. The van der Waals surface area contributed by atoms with Gasteiger partial charge < -0.3 is 20.3 Å². The molecule has 1 unspecified atom stereocenters. The third-order valence-electron chi connectivity index (χ3n) is 3.62. The van der Waals surface area contributed by atoms with Crippen LogP contribution in [0.2, 0.25) is 0 Å². The molecule has 26 heavy (non-hydrogen) atoms. The molecule has 0 saturated carbocycles. The normalized spacial score (nSPS) is 11.7. The van der Waals surface area contributed by atoms with Gasteiger partial charge in [0.15, 0.2) is 0 Å². The highest BCUT2D eigenvalue weighted by atomic mass is 32.1. The van der Waals surface area contributed by atoms with E-state index in [-0.39, 0.29) is 12.1 Å². The van der Waals surface area contributed by atoms with Gasteiger partial charge in [0, 0.05) is 22.8 Å². The first-order valence-electron chi connectivity index (χ1n) is 8.28. The minimum absolute atomic E-state index is 0.122. The summed E-state index contributed by atoms with van der Waals surface area (Å²) in [6, 6.07) is 10.7. The number of carbonyl (C=O) groups is 2. The van der Waals surface area contributed by atoms with E-state index >= 15 is 0 Å². The van der Waals surface area contributed by atoms with Crippen molar-refractivity contribution in [3.63, 3.8) is 0 Å². The third-order valence-corrected chi connectivity index (χ3v) is 4.59. The molecular weight excluding hydrogens is 352 g/mol. The second kappa shape index (κ2) is 9.79. The van der Waals surface area contributed by atoms with Crippen LogP contribution in [0.25, 0.3) is 0 Å². The number of ether oxygens (including phenoxy) is 1. The van der Waals surface area contributed by atoms with E-state index in [0.717, 1.165) is 0 Å². The fourth-order valence-electron chi connectivity index (χ4n) is 2.31. The quantitative estimate of drug-likeness (QED) is 0.687. The van der Waals surface area contributed by atoms with E-state index in [0.29, 0.717) is 24.5 Å². The molecule has 2 rings (SSSR count). The number of benzene rings is 1. The largest absolute Gasteiger partial charge is 0.450 e. The number of urea groups is 1. The van der Waals surface area contributed by atoms with E-state index < -0.39 is 6.09 Å². The SMILES string of the molecule is CCOC(=O)Nc1ccc(NC(=O)NCC(c2cccs2)N(C)C)cc1. The van der Waals surface area contributed by atoms with Gasteiger partial charge in [0.25, 0.3) is 0 Å². The van der Waals surface area contributed by atoms with Gasteiger partial charge >= 0.3 is 12.1 Å². The average Bonchev–Trinajstić information content (AvgIpc) is 3.11. The molecule has 8 heteroatoms. The molecule has 1 heterocycles. The predicted octanol–water partition coefficient (Wildman–Crippen LogP) is 3.74. The molecule has 0 fully saturated rings. The molecule has 0 aliphatic heterocycles. The van der Waals surface area contributed by atoms with Gasteiger partial charge in [-0.05, 0) is 56.7 Å². The van der Waals surface area contributed by atoms with Crippen LogP contribution in [0.5, 0.6) is 0 Å². The van der Waals surface area contributed by atoms with Crippen molar-refractivity contribution in [1.82, 2.24) is 10.2 Å². The monoisotopic (exact) mass is 376 g/mol. The van der Waals surface area contributed by atoms with Gasteiger partial charge in [0.05, 0.1) is 12.6 Å². The highest BCUT2D eigenvalue weighted by Crippen LogP contribution is 2.22. The van der Waals surface area contributed by atoms with Gasteiger partial charge in [-0.25, -0.2) is 9.59 Å². The van der Waals surface area contributed by atoms with Gasteiger partial charge in [-0.1, -0.05) is 6.07 Å². The molecule has 0 bridgehead atoms. The summed E-state index contributed by atoms with van der Waals surface area (Å²) in [5.41, 5.74) is 1.23. The first-order valence-corrected chi connectivity index (χ1v) is 9.16. The minimum Gasteiger partial charge on any atom is -0.450 e. The van der Waals surface area contributed by atoms with E-state index in [1.165, 1.54) is 4.88 Å². The maximum Gasteiger partial charge on any atom is 0.411 e. The lowest BCUT2D eigenvalue weighted by Crippen LogP contribution is -2.36. The highest BCUT2D eigenvalue weighted by Gasteiger charge is 2.16. The van der Waals surface area contributed by atoms with Crippen molar-refractivity contribution >= 4 is 34.8 Å². The number of anilines is 2. The summed E-state index contributed by atoms with van der Waals surface area (Å²) in [4.78, 5) is 26.8. The van der Waals surface area contributed by atoms with Crippen molar-refractivity contribution in [3.05, 3.63) is 46.7 Å². The Morgan fingerprint density at radius 1 is 1.12 bits per heavy atom. The molecule has 3 N–H and O–H groups in total. The average molecular weight is 376 g/mol. The molecule has 140 valence electrons. The van der Waals surface area contributed by atoms with Gasteiger partial charge in [-0.2, -0.15) is 0 Å². The molecule has 7 nitrogen and oxygen atoms in total. The maximum absolute atomic E-state index is 12.1. The highest BCUT2D eigenvalue weighted by molar-refractivity contribution is 7.10. The van der Waals surface area contributed by atoms with Crippen molar-refractivity contribution in [2.75, 3.05) is 37.9 Å². The summed E-state index contributed by atoms with van der Waals surface area (Å²) >= 11 is 1.67. The third kappa shape index (κ3) is 6.05. The van der Waals surface area contributed by atoms with E-state index in [1.807, 2.05) is 25.5 Å². The Hall–Kier alpha value is -2.58. The number of hydrogen-bond donors (Lipinski definition) is 3. The molecule has 0 aliphatic carbocycles. The van der Waals surface area contributed by atoms with Crippen LogP contribution >= 0.6 is 11.3 Å². The Kier molecular flexibility index (Phi) is 7.43. The van der Waals surface area contributed by atoms with E-state index in [1.54, 1.807) is 42.5 Å². The van der Waals surface area contributed by atoms with Crippen LogP contribution in [0, 0.1) is 0 Å². The van der Waals surface area contributed by atoms with Gasteiger partial charge in [0.2, 0.25) is 0 Å². The predicted molar refractivity (Wildman–Crippen MR) is 105 cm³/mol. The molecule has 0 saturated heterocycles. The summed E-state index contributed by atoms with van der Waals surface area (Å²) in [6.45, 7) is 2.55. The number of carbonyl (C=O) groups excluding carboxylic acids is 2. The van der Waals surface area contributed by atoms with Crippen LogP contribution < -0.4 is 16.0 Å². The van der Waals surface area contributed by atoms with Gasteiger partial charge in [0.1, 0.15) is 0 Å². The first kappa shape index (κ1) is 19.7. The van der Waals surface area contributed by atoms with Crippen molar-refractivity contribution in [3.8, 4) is 0 Å². The van der Waals surface area contributed by atoms with Crippen LogP contribution in [0.4, 0.5) is 21.0 Å². The zero-order valence-corrected chi connectivity index (χ0v) is 15.9. The summed E-state index contributed by atoms with van der Waals surface area (Å²) in [7, 11) is 3.97. The van der Waals surface area contributed by atoms with Crippen molar-refractivity contribution in [2.45, 2.75) is 13.0 Å². The van der Waals surface area contributed by atoms with Crippen LogP contribution in [0.15, 0.2) is 41.8 Å². The van der Waals surface area contributed by atoms with E-state index in [4.69, 9.17) is 4.74 Å². The van der Waals surface area contributed by atoms with Crippen LogP contribution in [0.3, 0.4) is 0 Å².